The van der Waals surface area contributed by atoms with Crippen molar-refractivity contribution in [2.24, 2.45) is 5.92 Å². The number of benzene rings is 1. The molecule has 0 fully saturated rings. The number of likely N-dealkylation sites (N-methyl/N-ethyl adjacent to an activating group) is 1. The Kier molecular flexibility index (Phi) is 7.41. The van der Waals surface area contributed by atoms with E-state index in [1.54, 1.807) is 0 Å². The summed E-state index contributed by atoms with van der Waals surface area (Å²) in [5.41, 5.74) is 2.80. The van der Waals surface area contributed by atoms with Crippen LogP contribution >= 0.6 is 0 Å². The van der Waals surface area contributed by atoms with Crippen molar-refractivity contribution in [1.82, 2.24) is 10.2 Å². The van der Waals surface area contributed by atoms with Crippen LogP contribution in [0.15, 0.2) is 24.3 Å². The average molecular weight is 290 g/mol. The molecule has 0 aliphatic carbocycles. The van der Waals surface area contributed by atoms with Gasteiger partial charge in [0.2, 0.25) is 0 Å². The van der Waals surface area contributed by atoms with Gasteiger partial charge in [-0.05, 0) is 50.4 Å². The van der Waals surface area contributed by atoms with E-state index in [1.165, 1.54) is 17.5 Å². The minimum absolute atomic E-state index is 0.398. The van der Waals surface area contributed by atoms with E-state index in [-0.39, 0.29) is 0 Å². The molecule has 1 aromatic rings. The first-order valence-corrected chi connectivity index (χ1v) is 8.30. The Morgan fingerprint density at radius 2 is 1.43 bits per heavy atom. The van der Waals surface area contributed by atoms with Crippen LogP contribution < -0.4 is 5.32 Å². The van der Waals surface area contributed by atoms with Gasteiger partial charge in [0.1, 0.15) is 0 Å². The van der Waals surface area contributed by atoms with Crippen molar-refractivity contribution in [3.05, 3.63) is 35.4 Å². The minimum Gasteiger partial charge on any atom is -0.308 e. The SMILES string of the molecule is CC(C)CC(CN(C)C)NC(C)c1ccc(C(C)C)cc1. The standard InChI is InChI=1S/C19H34N2/c1-14(2)12-19(13-21(6)7)20-16(5)18-10-8-17(9-11-18)15(3)4/h8-11,14-16,19-20H,12-13H2,1-7H3. The number of nitrogens with zero attached hydrogens (tertiary/aromatic N) is 1. The molecule has 0 bridgehead atoms. The molecule has 0 spiro atoms. The highest BCUT2D eigenvalue weighted by Gasteiger charge is 2.15. The quantitative estimate of drug-likeness (QED) is 0.761. The number of nitrogens with one attached hydrogen (secondary N) is 1. The molecule has 2 nitrogen and oxygen atoms in total. The highest BCUT2D eigenvalue weighted by atomic mass is 15.1. The second kappa shape index (κ2) is 8.55. The van der Waals surface area contributed by atoms with Crippen molar-refractivity contribution in [3.8, 4) is 0 Å². The van der Waals surface area contributed by atoms with Crippen LogP contribution in [-0.4, -0.2) is 31.6 Å². The number of rotatable bonds is 8. The molecule has 120 valence electrons. The summed E-state index contributed by atoms with van der Waals surface area (Å²) in [6.07, 6.45) is 1.21. The van der Waals surface area contributed by atoms with Gasteiger partial charge in [0, 0.05) is 18.6 Å². The predicted molar refractivity (Wildman–Crippen MR) is 93.9 cm³/mol. The topological polar surface area (TPSA) is 15.3 Å². The van der Waals surface area contributed by atoms with E-state index in [9.17, 15) is 0 Å². The summed E-state index contributed by atoms with van der Waals surface area (Å²) in [5, 5.41) is 3.80. The molecular weight excluding hydrogens is 256 g/mol. The van der Waals surface area contributed by atoms with Crippen molar-refractivity contribution in [2.45, 2.75) is 59.0 Å². The molecule has 0 aliphatic rings. The summed E-state index contributed by atoms with van der Waals surface area (Å²) in [6, 6.07) is 10.0. The summed E-state index contributed by atoms with van der Waals surface area (Å²) in [6.45, 7) is 12.4. The van der Waals surface area contributed by atoms with Crippen molar-refractivity contribution < 1.29 is 0 Å². The molecule has 0 heterocycles. The lowest BCUT2D eigenvalue weighted by molar-refractivity contribution is 0.291. The second-order valence-electron chi connectivity index (χ2n) is 7.30. The molecule has 1 N–H and O–H groups in total. The molecule has 0 amide bonds. The van der Waals surface area contributed by atoms with Crippen LogP contribution in [0.3, 0.4) is 0 Å². The number of hydrogen-bond donors (Lipinski definition) is 1. The van der Waals surface area contributed by atoms with E-state index in [0.29, 0.717) is 18.0 Å². The maximum absolute atomic E-state index is 3.80. The van der Waals surface area contributed by atoms with Gasteiger partial charge in [0.25, 0.3) is 0 Å². The molecule has 2 unspecified atom stereocenters. The lowest BCUT2D eigenvalue weighted by Gasteiger charge is -2.27. The smallest absolute Gasteiger partial charge is 0.0294 e. The molecule has 0 radical (unpaired) electrons. The monoisotopic (exact) mass is 290 g/mol. The predicted octanol–water partition coefficient (Wildman–Crippen LogP) is 4.44. The molecule has 0 saturated carbocycles. The fourth-order valence-electron chi connectivity index (χ4n) is 2.82. The van der Waals surface area contributed by atoms with E-state index in [2.05, 4.69) is 83.2 Å². The molecule has 1 rings (SSSR count). The summed E-state index contributed by atoms with van der Waals surface area (Å²) in [7, 11) is 4.30. The zero-order valence-corrected chi connectivity index (χ0v) is 15.0. The van der Waals surface area contributed by atoms with Crippen LogP contribution in [-0.2, 0) is 0 Å². The van der Waals surface area contributed by atoms with Crippen LogP contribution in [0.2, 0.25) is 0 Å². The third kappa shape index (κ3) is 6.62. The molecule has 1 aromatic carbocycles. The van der Waals surface area contributed by atoms with Gasteiger partial charge in [-0.3, -0.25) is 0 Å². The average Bonchev–Trinajstić information content (AvgIpc) is 2.37. The Hall–Kier alpha value is -0.860. The minimum atomic E-state index is 0.398. The molecule has 0 aliphatic heterocycles. The van der Waals surface area contributed by atoms with Gasteiger partial charge in [-0.15, -0.1) is 0 Å². The van der Waals surface area contributed by atoms with Gasteiger partial charge < -0.3 is 10.2 Å². The van der Waals surface area contributed by atoms with E-state index in [1.807, 2.05) is 0 Å². The third-order valence-electron chi connectivity index (χ3n) is 3.93. The van der Waals surface area contributed by atoms with Gasteiger partial charge in [0.15, 0.2) is 0 Å². The van der Waals surface area contributed by atoms with Crippen molar-refractivity contribution in [1.29, 1.82) is 0 Å². The normalized spacial score (nSPS) is 15.0. The lowest BCUT2D eigenvalue weighted by atomic mass is 9.98. The largest absolute Gasteiger partial charge is 0.308 e. The molecule has 2 heteroatoms. The summed E-state index contributed by atoms with van der Waals surface area (Å²) in [4.78, 5) is 2.27. The first-order valence-electron chi connectivity index (χ1n) is 8.30. The van der Waals surface area contributed by atoms with Gasteiger partial charge in [-0.1, -0.05) is 52.0 Å². The molecule has 21 heavy (non-hydrogen) atoms. The van der Waals surface area contributed by atoms with Crippen LogP contribution in [0.4, 0.5) is 0 Å². The molecule has 0 saturated heterocycles. The Labute approximate surface area is 131 Å². The summed E-state index contributed by atoms with van der Waals surface area (Å²) in [5.74, 6) is 1.32. The van der Waals surface area contributed by atoms with Gasteiger partial charge in [-0.2, -0.15) is 0 Å². The van der Waals surface area contributed by atoms with Crippen LogP contribution in [0.1, 0.15) is 64.1 Å². The van der Waals surface area contributed by atoms with Crippen molar-refractivity contribution >= 4 is 0 Å². The first kappa shape index (κ1) is 18.2. The van der Waals surface area contributed by atoms with E-state index < -0.39 is 0 Å². The third-order valence-corrected chi connectivity index (χ3v) is 3.93. The van der Waals surface area contributed by atoms with Gasteiger partial charge in [-0.25, -0.2) is 0 Å². The second-order valence-corrected chi connectivity index (χ2v) is 7.30. The highest BCUT2D eigenvalue weighted by Crippen LogP contribution is 2.20. The summed E-state index contributed by atoms with van der Waals surface area (Å²) >= 11 is 0. The fraction of sp³-hybridized carbons (Fsp3) is 0.684. The van der Waals surface area contributed by atoms with Gasteiger partial charge in [0.05, 0.1) is 0 Å². The summed E-state index contributed by atoms with van der Waals surface area (Å²) < 4.78 is 0. The fourth-order valence-corrected chi connectivity index (χ4v) is 2.82. The Bertz CT molecular complexity index is 383. The molecule has 2 atom stereocenters. The van der Waals surface area contributed by atoms with E-state index in [0.717, 1.165) is 12.5 Å². The van der Waals surface area contributed by atoms with Crippen LogP contribution in [0, 0.1) is 5.92 Å². The lowest BCUT2D eigenvalue weighted by Crippen LogP contribution is -2.40. The van der Waals surface area contributed by atoms with E-state index in [4.69, 9.17) is 0 Å². The molecule has 0 aromatic heterocycles. The Balaban J connectivity index is 2.69. The van der Waals surface area contributed by atoms with Gasteiger partial charge >= 0.3 is 0 Å². The van der Waals surface area contributed by atoms with E-state index >= 15 is 0 Å². The Morgan fingerprint density at radius 1 is 0.905 bits per heavy atom. The Morgan fingerprint density at radius 3 is 1.86 bits per heavy atom. The van der Waals surface area contributed by atoms with Crippen LogP contribution in [0.25, 0.3) is 0 Å². The van der Waals surface area contributed by atoms with Crippen molar-refractivity contribution in [3.63, 3.8) is 0 Å². The molecular formula is C19H34N2. The zero-order chi connectivity index (χ0) is 16.0. The van der Waals surface area contributed by atoms with Crippen LogP contribution in [0.5, 0.6) is 0 Å². The highest BCUT2D eigenvalue weighted by molar-refractivity contribution is 5.26. The maximum atomic E-state index is 3.80. The first-order chi connectivity index (χ1) is 9.79. The maximum Gasteiger partial charge on any atom is 0.0294 e. The zero-order valence-electron chi connectivity index (χ0n) is 15.0. The number of hydrogen-bond acceptors (Lipinski definition) is 2. The van der Waals surface area contributed by atoms with Crippen molar-refractivity contribution in [2.75, 3.05) is 20.6 Å².